The zero-order chi connectivity index (χ0) is 18.8. The summed E-state index contributed by atoms with van der Waals surface area (Å²) in [6.45, 7) is 0. The van der Waals surface area contributed by atoms with E-state index in [1.165, 1.54) is 0 Å². The molecule has 0 aliphatic rings. The molecule has 4 heteroatoms. The maximum atomic E-state index is 10.6. The van der Waals surface area contributed by atoms with E-state index in [1.807, 2.05) is 60.7 Å². The second-order valence-electron chi connectivity index (χ2n) is 6.34. The standard InChI is InChI=1S/C23H17BrClNO/c24-14-22(27)20-13-21(16-9-11-17(25)12-10-16)26-23-18(7-4-8-19(20)23)15-5-2-1-3-6-15/h1-13,22,27H,14H2/t22-/m0/s1. The minimum absolute atomic E-state index is 0.460. The molecule has 1 heterocycles. The SMILES string of the molecule is O[C@@H](CBr)c1cc(-c2ccc(Cl)cc2)nc2c(-c3ccccc3)cccc12. The molecule has 3 aromatic carbocycles. The van der Waals surface area contributed by atoms with Gasteiger partial charge < -0.3 is 5.11 Å². The third-order valence-corrected chi connectivity index (χ3v) is 5.47. The van der Waals surface area contributed by atoms with Crippen molar-refractivity contribution in [1.82, 2.24) is 4.98 Å². The van der Waals surface area contributed by atoms with Crippen LogP contribution < -0.4 is 0 Å². The lowest BCUT2D eigenvalue weighted by molar-refractivity contribution is 0.207. The van der Waals surface area contributed by atoms with E-state index in [2.05, 4.69) is 34.1 Å². The fraction of sp³-hybridized carbons (Fsp3) is 0.0870. The number of pyridine rings is 1. The first-order valence-electron chi connectivity index (χ1n) is 8.66. The second kappa shape index (κ2) is 7.81. The van der Waals surface area contributed by atoms with Crippen LogP contribution in [-0.2, 0) is 0 Å². The molecule has 0 aliphatic heterocycles. The molecule has 0 saturated heterocycles. The number of aliphatic hydroxyl groups is 1. The highest BCUT2D eigenvalue weighted by atomic mass is 79.9. The molecule has 0 amide bonds. The molecule has 1 atom stereocenters. The molecule has 0 aliphatic carbocycles. The summed E-state index contributed by atoms with van der Waals surface area (Å²) in [6.07, 6.45) is -0.618. The molecule has 134 valence electrons. The zero-order valence-corrected chi connectivity index (χ0v) is 16.8. The van der Waals surface area contributed by atoms with Crippen molar-refractivity contribution >= 4 is 38.4 Å². The molecule has 0 spiro atoms. The van der Waals surface area contributed by atoms with Crippen LogP contribution in [0.5, 0.6) is 0 Å². The molecule has 2 nitrogen and oxygen atoms in total. The van der Waals surface area contributed by atoms with Gasteiger partial charge in [-0.3, -0.25) is 0 Å². The molecule has 0 bridgehead atoms. The number of hydrogen-bond donors (Lipinski definition) is 1. The van der Waals surface area contributed by atoms with Crippen LogP contribution in [0.15, 0.2) is 78.9 Å². The van der Waals surface area contributed by atoms with Crippen molar-refractivity contribution < 1.29 is 5.11 Å². The molecular weight excluding hydrogens is 422 g/mol. The van der Waals surface area contributed by atoms with Gasteiger partial charge in [0, 0.05) is 26.9 Å². The monoisotopic (exact) mass is 437 g/mol. The zero-order valence-electron chi connectivity index (χ0n) is 14.4. The van der Waals surface area contributed by atoms with Crippen molar-refractivity contribution in [3.8, 4) is 22.4 Å². The van der Waals surface area contributed by atoms with Crippen LogP contribution in [0.4, 0.5) is 0 Å². The number of nitrogens with zero attached hydrogens (tertiary/aromatic N) is 1. The van der Waals surface area contributed by atoms with Gasteiger partial charge in [-0.25, -0.2) is 4.98 Å². The fourth-order valence-corrected chi connectivity index (χ4v) is 3.73. The van der Waals surface area contributed by atoms with Crippen LogP contribution >= 0.6 is 27.5 Å². The molecule has 1 aromatic heterocycles. The number of fused-ring (bicyclic) bond motifs is 1. The summed E-state index contributed by atoms with van der Waals surface area (Å²) in [5.41, 5.74) is 5.67. The van der Waals surface area contributed by atoms with E-state index in [-0.39, 0.29) is 0 Å². The van der Waals surface area contributed by atoms with E-state index in [1.54, 1.807) is 0 Å². The Hall–Kier alpha value is -2.20. The normalized spacial score (nSPS) is 12.3. The Labute approximate surface area is 171 Å². The van der Waals surface area contributed by atoms with Gasteiger partial charge in [-0.1, -0.05) is 88.2 Å². The minimum Gasteiger partial charge on any atom is -0.388 e. The number of halogens is 2. The van der Waals surface area contributed by atoms with Gasteiger partial charge in [-0.2, -0.15) is 0 Å². The fourth-order valence-electron chi connectivity index (χ4n) is 3.25. The second-order valence-corrected chi connectivity index (χ2v) is 7.43. The summed E-state index contributed by atoms with van der Waals surface area (Å²) in [6, 6.07) is 25.9. The molecule has 0 fully saturated rings. The first kappa shape index (κ1) is 18.2. The molecular formula is C23H17BrClNO. The van der Waals surface area contributed by atoms with Crippen molar-refractivity contribution in [1.29, 1.82) is 0 Å². The van der Waals surface area contributed by atoms with Gasteiger partial charge in [0.1, 0.15) is 0 Å². The van der Waals surface area contributed by atoms with Gasteiger partial charge in [-0.05, 0) is 29.3 Å². The number of rotatable bonds is 4. The Morgan fingerprint density at radius 3 is 2.33 bits per heavy atom. The minimum atomic E-state index is -0.618. The number of aliphatic hydroxyl groups excluding tert-OH is 1. The summed E-state index contributed by atoms with van der Waals surface area (Å²) in [5, 5.41) is 12.7. The van der Waals surface area contributed by atoms with E-state index in [4.69, 9.17) is 16.6 Å². The highest BCUT2D eigenvalue weighted by Gasteiger charge is 2.16. The average molecular weight is 439 g/mol. The first-order valence-corrected chi connectivity index (χ1v) is 10.2. The van der Waals surface area contributed by atoms with Crippen molar-refractivity contribution in [2.75, 3.05) is 5.33 Å². The molecule has 4 rings (SSSR count). The number of aromatic nitrogens is 1. The highest BCUT2D eigenvalue weighted by molar-refractivity contribution is 9.09. The lowest BCUT2D eigenvalue weighted by atomic mass is 9.96. The van der Waals surface area contributed by atoms with Crippen molar-refractivity contribution in [3.63, 3.8) is 0 Å². The Morgan fingerprint density at radius 1 is 0.889 bits per heavy atom. The summed E-state index contributed by atoms with van der Waals surface area (Å²) >= 11 is 9.44. The summed E-state index contributed by atoms with van der Waals surface area (Å²) < 4.78 is 0. The smallest absolute Gasteiger partial charge is 0.0894 e. The lowest BCUT2D eigenvalue weighted by Crippen LogP contribution is -2.02. The summed E-state index contributed by atoms with van der Waals surface area (Å²) in [7, 11) is 0. The van der Waals surface area contributed by atoms with Crippen LogP contribution in [-0.4, -0.2) is 15.4 Å². The maximum Gasteiger partial charge on any atom is 0.0894 e. The topological polar surface area (TPSA) is 33.1 Å². The predicted octanol–water partition coefficient (Wildman–Crippen LogP) is 6.65. The van der Waals surface area contributed by atoms with Crippen molar-refractivity contribution in [2.24, 2.45) is 0 Å². The van der Waals surface area contributed by atoms with Gasteiger partial charge in [-0.15, -0.1) is 0 Å². The quantitative estimate of drug-likeness (QED) is 0.362. The van der Waals surface area contributed by atoms with E-state index < -0.39 is 6.10 Å². The number of para-hydroxylation sites is 1. The summed E-state index contributed by atoms with van der Waals surface area (Å²) in [5.74, 6) is 0. The Balaban J connectivity index is 2.02. The number of hydrogen-bond acceptors (Lipinski definition) is 2. The molecule has 0 saturated carbocycles. The molecule has 4 aromatic rings. The van der Waals surface area contributed by atoms with E-state index in [0.717, 1.165) is 38.9 Å². The van der Waals surface area contributed by atoms with E-state index in [0.29, 0.717) is 10.4 Å². The predicted molar refractivity (Wildman–Crippen MR) is 116 cm³/mol. The van der Waals surface area contributed by atoms with Gasteiger partial charge >= 0.3 is 0 Å². The third-order valence-electron chi connectivity index (χ3n) is 4.60. The Morgan fingerprint density at radius 2 is 1.63 bits per heavy atom. The first-order chi connectivity index (χ1) is 13.2. The van der Waals surface area contributed by atoms with Crippen LogP contribution in [0.1, 0.15) is 11.7 Å². The average Bonchev–Trinajstić information content (AvgIpc) is 2.73. The van der Waals surface area contributed by atoms with E-state index in [9.17, 15) is 5.11 Å². The molecule has 0 unspecified atom stereocenters. The molecule has 0 radical (unpaired) electrons. The van der Waals surface area contributed by atoms with Crippen LogP contribution in [0.2, 0.25) is 5.02 Å². The summed E-state index contributed by atoms with van der Waals surface area (Å²) in [4.78, 5) is 4.96. The number of alkyl halides is 1. The van der Waals surface area contributed by atoms with E-state index >= 15 is 0 Å². The Kier molecular flexibility index (Phi) is 5.26. The Bertz CT molecular complexity index is 1080. The molecule has 27 heavy (non-hydrogen) atoms. The van der Waals surface area contributed by atoms with Gasteiger partial charge in [0.25, 0.3) is 0 Å². The molecule has 1 N–H and O–H groups in total. The van der Waals surface area contributed by atoms with Crippen molar-refractivity contribution in [2.45, 2.75) is 6.10 Å². The number of benzene rings is 3. The van der Waals surface area contributed by atoms with Gasteiger partial charge in [0.15, 0.2) is 0 Å². The van der Waals surface area contributed by atoms with Gasteiger partial charge in [0.2, 0.25) is 0 Å². The largest absolute Gasteiger partial charge is 0.388 e. The maximum absolute atomic E-state index is 10.6. The third kappa shape index (κ3) is 3.63. The van der Waals surface area contributed by atoms with Crippen LogP contribution in [0.3, 0.4) is 0 Å². The lowest BCUT2D eigenvalue weighted by Gasteiger charge is -2.16. The van der Waals surface area contributed by atoms with Crippen LogP contribution in [0, 0.1) is 0 Å². The van der Waals surface area contributed by atoms with Crippen molar-refractivity contribution in [3.05, 3.63) is 89.4 Å². The highest BCUT2D eigenvalue weighted by Crippen LogP contribution is 2.35. The van der Waals surface area contributed by atoms with Crippen LogP contribution in [0.25, 0.3) is 33.3 Å². The van der Waals surface area contributed by atoms with Gasteiger partial charge in [0.05, 0.1) is 17.3 Å².